The first-order valence-corrected chi connectivity index (χ1v) is 6.66. The molecule has 1 aromatic heterocycles. The lowest BCUT2D eigenvalue weighted by atomic mass is 9.93. The molecule has 0 atom stereocenters. The third-order valence-electron chi connectivity index (χ3n) is 3.28. The lowest BCUT2D eigenvalue weighted by Gasteiger charge is -2.23. The van der Waals surface area contributed by atoms with Crippen LogP contribution in [0.3, 0.4) is 0 Å². The second kappa shape index (κ2) is 7.17. The van der Waals surface area contributed by atoms with Crippen LogP contribution in [0.15, 0.2) is 27.8 Å². The minimum atomic E-state index is 0. The van der Waals surface area contributed by atoms with E-state index < -0.39 is 0 Å². The van der Waals surface area contributed by atoms with Gasteiger partial charge in [0.25, 0.3) is 0 Å². The Morgan fingerprint density at radius 1 is 1.53 bits per heavy atom. The normalized spacial score (nSPS) is 18.3. The fourth-order valence-corrected chi connectivity index (χ4v) is 2.27. The van der Waals surface area contributed by atoms with Crippen molar-refractivity contribution in [3.05, 3.63) is 24.2 Å². The molecule has 0 spiro atoms. The van der Waals surface area contributed by atoms with Gasteiger partial charge in [-0.15, -0.1) is 24.0 Å². The minimum absolute atomic E-state index is 0. The molecule has 1 N–H and O–H groups in total. The molecule has 2 rings (SSSR count). The van der Waals surface area contributed by atoms with Crippen LogP contribution in [-0.4, -0.2) is 30.5 Å². The molecule has 4 nitrogen and oxygen atoms in total. The standard InChI is InChI=1S/C14H23N3O.HI/c1-4-15-13(16-10-12-6-5-9-18-12)17-8-7-14(2,3)11-17;/h5-6,9H,4,7-8,10-11H2,1-3H3,(H,15,16);1H. The molecule has 0 aliphatic carbocycles. The van der Waals surface area contributed by atoms with E-state index in [9.17, 15) is 0 Å². The number of guanidine groups is 1. The molecule has 2 heterocycles. The van der Waals surface area contributed by atoms with Crippen molar-refractivity contribution in [2.24, 2.45) is 10.4 Å². The molecule has 0 aromatic carbocycles. The lowest BCUT2D eigenvalue weighted by molar-refractivity contribution is 0.369. The number of nitrogens with zero attached hydrogens (tertiary/aromatic N) is 2. The zero-order valence-corrected chi connectivity index (χ0v) is 14.3. The van der Waals surface area contributed by atoms with E-state index in [0.717, 1.165) is 31.4 Å². The van der Waals surface area contributed by atoms with Crippen LogP contribution in [0.5, 0.6) is 0 Å². The van der Waals surface area contributed by atoms with Crippen molar-refractivity contribution in [3.63, 3.8) is 0 Å². The van der Waals surface area contributed by atoms with Crippen LogP contribution in [0.25, 0.3) is 0 Å². The van der Waals surface area contributed by atoms with Crippen molar-refractivity contribution in [2.75, 3.05) is 19.6 Å². The van der Waals surface area contributed by atoms with E-state index in [0.29, 0.717) is 12.0 Å². The van der Waals surface area contributed by atoms with Gasteiger partial charge in [-0.05, 0) is 30.9 Å². The Kier molecular flexibility index (Phi) is 6.16. The molecule has 1 fully saturated rings. The van der Waals surface area contributed by atoms with E-state index in [-0.39, 0.29) is 24.0 Å². The Morgan fingerprint density at radius 2 is 2.32 bits per heavy atom. The Bertz CT molecular complexity index is 401. The monoisotopic (exact) mass is 377 g/mol. The van der Waals surface area contributed by atoms with Gasteiger partial charge in [-0.2, -0.15) is 0 Å². The highest BCUT2D eigenvalue weighted by molar-refractivity contribution is 14.0. The van der Waals surface area contributed by atoms with E-state index in [2.05, 4.69) is 36.0 Å². The topological polar surface area (TPSA) is 40.8 Å². The summed E-state index contributed by atoms with van der Waals surface area (Å²) in [7, 11) is 0. The quantitative estimate of drug-likeness (QED) is 0.500. The largest absolute Gasteiger partial charge is 0.467 e. The van der Waals surface area contributed by atoms with Gasteiger partial charge in [0, 0.05) is 19.6 Å². The van der Waals surface area contributed by atoms with Gasteiger partial charge in [-0.25, -0.2) is 4.99 Å². The van der Waals surface area contributed by atoms with Crippen molar-refractivity contribution in [3.8, 4) is 0 Å². The predicted octanol–water partition coefficient (Wildman–Crippen LogP) is 3.10. The number of likely N-dealkylation sites (tertiary alicyclic amines) is 1. The van der Waals surface area contributed by atoms with Crippen LogP contribution in [-0.2, 0) is 6.54 Å². The summed E-state index contributed by atoms with van der Waals surface area (Å²) in [6.07, 6.45) is 2.91. The fourth-order valence-electron chi connectivity index (χ4n) is 2.27. The molecule has 0 radical (unpaired) electrons. The maximum Gasteiger partial charge on any atom is 0.194 e. The number of furan rings is 1. The van der Waals surface area contributed by atoms with Crippen LogP contribution < -0.4 is 5.32 Å². The molecule has 1 saturated heterocycles. The molecule has 1 aliphatic heterocycles. The fraction of sp³-hybridized carbons (Fsp3) is 0.643. The summed E-state index contributed by atoms with van der Waals surface area (Å²) in [4.78, 5) is 6.98. The van der Waals surface area contributed by atoms with E-state index in [1.807, 2.05) is 12.1 Å². The van der Waals surface area contributed by atoms with Crippen LogP contribution >= 0.6 is 24.0 Å². The third kappa shape index (κ3) is 4.71. The SMILES string of the molecule is CCNC(=NCc1ccco1)N1CCC(C)(C)C1.I. The van der Waals surface area contributed by atoms with Gasteiger partial charge < -0.3 is 14.6 Å². The Labute approximate surface area is 132 Å². The van der Waals surface area contributed by atoms with Crippen molar-refractivity contribution >= 4 is 29.9 Å². The molecular weight excluding hydrogens is 353 g/mol. The summed E-state index contributed by atoms with van der Waals surface area (Å²) in [5.41, 5.74) is 0.390. The Hall–Kier alpha value is -0.720. The number of rotatable bonds is 3. The number of hydrogen-bond donors (Lipinski definition) is 1. The molecule has 1 aromatic rings. The molecular formula is C14H24IN3O. The number of hydrogen-bond acceptors (Lipinski definition) is 2. The predicted molar refractivity (Wildman–Crippen MR) is 88.9 cm³/mol. The summed E-state index contributed by atoms with van der Waals surface area (Å²) in [5, 5.41) is 3.36. The minimum Gasteiger partial charge on any atom is -0.467 e. The molecule has 0 unspecified atom stereocenters. The van der Waals surface area contributed by atoms with E-state index >= 15 is 0 Å². The van der Waals surface area contributed by atoms with Crippen LogP contribution in [0.1, 0.15) is 33.0 Å². The molecule has 0 saturated carbocycles. The molecule has 5 heteroatoms. The molecule has 1 aliphatic rings. The maximum absolute atomic E-state index is 5.31. The summed E-state index contributed by atoms with van der Waals surface area (Å²) < 4.78 is 5.31. The Morgan fingerprint density at radius 3 is 2.84 bits per heavy atom. The molecule has 108 valence electrons. The van der Waals surface area contributed by atoms with Crippen molar-refractivity contribution in [1.29, 1.82) is 0 Å². The number of halogens is 1. The van der Waals surface area contributed by atoms with E-state index in [1.54, 1.807) is 6.26 Å². The Balaban J connectivity index is 0.00000180. The third-order valence-corrected chi connectivity index (χ3v) is 3.28. The van der Waals surface area contributed by atoms with Crippen LogP contribution in [0.2, 0.25) is 0 Å². The van der Waals surface area contributed by atoms with Gasteiger partial charge in [0.15, 0.2) is 5.96 Å². The lowest BCUT2D eigenvalue weighted by Crippen LogP contribution is -2.40. The zero-order valence-electron chi connectivity index (χ0n) is 12.0. The highest BCUT2D eigenvalue weighted by atomic mass is 127. The van der Waals surface area contributed by atoms with Gasteiger partial charge in [-0.3, -0.25) is 0 Å². The van der Waals surface area contributed by atoms with Crippen molar-refractivity contribution < 1.29 is 4.42 Å². The highest BCUT2D eigenvalue weighted by Gasteiger charge is 2.30. The van der Waals surface area contributed by atoms with Crippen LogP contribution in [0.4, 0.5) is 0 Å². The second-order valence-corrected chi connectivity index (χ2v) is 5.59. The molecule has 19 heavy (non-hydrogen) atoms. The number of aliphatic imine (C=N–C) groups is 1. The average molecular weight is 377 g/mol. The average Bonchev–Trinajstić information content (AvgIpc) is 2.93. The van der Waals surface area contributed by atoms with Crippen molar-refractivity contribution in [1.82, 2.24) is 10.2 Å². The second-order valence-electron chi connectivity index (χ2n) is 5.59. The van der Waals surface area contributed by atoms with E-state index in [4.69, 9.17) is 4.42 Å². The summed E-state index contributed by atoms with van der Waals surface area (Å²) >= 11 is 0. The smallest absolute Gasteiger partial charge is 0.194 e. The zero-order chi connectivity index (χ0) is 13.0. The van der Waals surface area contributed by atoms with Gasteiger partial charge in [0.2, 0.25) is 0 Å². The first-order valence-electron chi connectivity index (χ1n) is 6.66. The molecule has 0 amide bonds. The van der Waals surface area contributed by atoms with Gasteiger partial charge in [0.05, 0.1) is 6.26 Å². The van der Waals surface area contributed by atoms with E-state index in [1.165, 1.54) is 6.42 Å². The summed E-state index contributed by atoms with van der Waals surface area (Å²) in [6, 6.07) is 3.86. The van der Waals surface area contributed by atoms with Gasteiger partial charge >= 0.3 is 0 Å². The maximum atomic E-state index is 5.31. The molecule has 0 bridgehead atoms. The number of nitrogens with one attached hydrogen (secondary N) is 1. The van der Waals surface area contributed by atoms with Crippen molar-refractivity contribution in [2.45, 2.75) is 33.7 Å². The van der Waals surface area contributed by atoms with Crippen LogP contribution in [0, 0.1) is 5.41 Å². The highest BCUT2D eigenvalue weighted by Crippen LogP contribution is 2.28. The van der Waals surface area contributed by atoms with Gasteiger partial charge in [0.1, 0.15) is 12.3 Å². The van der Waals surface area contributed by atoms with Gasteiger partial charge in [-0.1, -0.05) is 13.8 Å². The summed E-state index contributed by atoms with van der Waals surface area (Å²) in [6.45, 7) is 10.4. The first-order chi connectivity index (χ1) is 8.61. The summed E-state index contributed by atoms with van der Waals surface area (Å²) in [5.74, 6) is 1.91. The first kappa shape index (κ1) is 16.3.